The molecule has 1 aliphatic heterocycles. The zero-order valence-electron chi connectivity index (χ0n) is 14.3. The summed E-state index contributed by atoms with van der Waals surface area (Å²) in [5, 5.41) is 32.2. The van der Waals surface area contributed by atoms with E-state index in [4.69, 9.17) is 4.74 Å². The van der Waals surface area contributed by atoms with E-state index in [0.29, 0.717) is 31.3 Å². The Kier molecular flexibility index (Phi) is 2.61. The van der Waals surface area contributed by atoms with E-state index in [1.807, 2.05) is 6.92 Å². The number of aliphatic hydroxyl groups excluding tert-OH is 1. The number of carbonyl (C=O) groups is 2. The van der Waals surface area contributed by atoms with Crippen LogP contribution in [0.15, 0.2) is 12.2 Å². The molecule has 136 valence electrons. The van der Waals surface area contributed by atoms with Crippen molar-refractivity contribution in [2.75, 3.05) is 0 Å². The minimum atomic E-state index is -1.21. The zero-order chi connectivity index (χ0) is 18.0. The fourth-order valence-electron chi connectivity index (χ4n) is 7.72. The van der Waals surface area contributed by atoms with Crippen LogP contribution in [0.3, 0.4) is 0 Å². The fraction of sp³-hybridized carbons (Fsp3) is 0.789. The minimum Gasteiger partial charge on any atom is -0.481 e. The monoisotopic (exact) mass is 348 g/mol. The van der Waals surface area contributed by atoms with Gasteiger partial charge in [0.15, 0.2) is 0 Å². The molecule has 0 unspecified atom stereocenters. The Labute approximate surface area is 145 Å². The summed E-state index contributed by atoms with van der Waals surface area (Å²) in [4.78, 5) is 25.1. The molecule has 0 aromatic rings. The molecule has 4 aliphatic carbocycles. The molecule has 5 rings (SSSR count). The van der Waals surface area contributed by atoms with Crippen molar-refractivity contribution >= 4 is 11.9 Å². The van der Waals surface area contributed by atoms with Crippen molar-refractivity contribution in [3.63, 3.8) is 0 Å². The lowest BCUT2D eigenvalue weighted by atomic mass is 9.60. The smallest absolute Gasteiger partial charge is 0.312 e. The van der Waals surface area contributed by atoms with E-state index in [0.717, 1.165) is 6.42 Å². The van der Waals surface area contributed by atoms with E-state index in [2.05, 4.69) is 6.58 Å². The van der Waals surface area contributed by atoms with Gasteiger partial charge in [0, 0.05) is 17.3 Å². The molecule has 1 heterocycles. The van der Waals surface area contributed by atoms with Crippen LogP contribution in [0.2, 0.25) is 0 Å². The van der Waals surface area contributed by atoms with Gasteiger partial charge >= 0.3 is 11.9 Å². The van der Waals surface area contributed by atoms with Gasteiger partial charge in [-0.15, -0.1) is 0 Å². The molecule has 8 atom stereocenters. The maximum atomic E-state index is 12.7. The second kappa shape index (κ2) is 4.12. The standard InChI is InChI=1S/C19H24O6/c1-9-13(20)18-8-17(9,24)7-4-10(18)19-6-3-5-16(2,15(23)25-19)12(19)11(18)14(21)22/h10-13,20,24H,1,3-8H2,2H3,(H,21,22)/t10-,11-,12-,13-,16+,17+,18-,19-/m1/s1. The highest BCUT2D eigenvalue weighted by Gasteiger charge is 2.84. The first kappa shape index (κ1) is 15.8. The largest absolute Gasteiger partial charge is 0.481 e. The summed E-state index contributed by atoms with van der Waals surface area (Å²) >= 11 is 0. The van der Waals surface area contributed by atoms with Gasteiger partial charge in [-0.05, 0) is 51.0 Å². The number of carboxylic acids is 1. The van der Waals surface area contributed by atoms with Crippen molar-refractivity contribution in [2.24, 2.45) is 28.6 Å². The molecule has 6 heteroatoms. The fourth-order valence-corrected chi connectivity index (χ4v) is 7.72. The average Bonchev–Trinajstić information content (AvgIpc) is 2.92. The predicted molar refractivity (Wildman–Crippen MR) is 85.3 cm³/mol. The lowest BCUT2D eigenvalue weighted by Gasteiger charge is -2.45. The van der Waals surface area contributed by atoms with Crippen LogP contribution in [-0.2, 0) is 14.3 Å². The van der Waals surface area contributed by atoms with Gasteiger partial charge < -0.3 is 20.1 Å². The van der Waals surface area contributed by atoms with Crippen LogP contribution < -0.4 is 0 Å². The second-order valence-corrected chi connectivity index (χ2v) is 9.25. The van der Waals surface area contributed by atoms with E-state index in [1.54, 1.807) is 0 Å². The lowest BCUT2D eigenvalue weighted by Crippen LogP contribution is -2.50. The topological polar surface area (TPSA) is 104 Å². The number of carbonyl (C=O) groups excluding carboxylic acids is 1. The summed E-state index contributed by atoms with van der Waals surface area (Å²) in [5.74, 6) is -2.89. The Morgan fingerprint density at radius 3 is 2.72 bits per heavy atom. The van der Waals surface area contributed by atoms with E-state index in [9.17, 15) is 24.9 Å². The number of hydrogen-bond acceptors (Lipinski definition) is 5. The van der Waals surface area contributed by atoms with Crippen molar-refractivity contribution in [2.45, 2.75) is 62.8 Å². The van der Waals surface area contributed by atoms with Crippen LogP contribution in [0.4, 0.5) is 0 Å². The Morgan fingerprint density at radius 1 is 1.32 bits per heavy atom. The summed E-state index contributed by atoms with van der Waals surface area (Å²) in [5.41, 5.74) is -3.51. The first-order valence-corrected chi connectivity index (χ1v) is 9.19. The van der Waals surface area contributed by atoms with Crippen molar-refractivity contribution in [3.05, 3.63) is 12.2 Å². The van der Waals surface area contributed by atoms with Crippen molar-refractivity contribution in [1.29, 1.82) is 0 Å². The number of carboxylic acid groups (broad SMARTS) is 1. The molecule has 4 bridgehead atoms. The Balaban J connectivity index is 1.78. The summed E-state index contributed by atoms with van der Waals surface area (Å²) in [6, 6.07) is 0. The Bertz CT molecular complexity index is 731. The molecule has 0 aromatic carbocycles. The number of ether oxygens (including phenoxy) is 1. The van der Waals surface area contributed by atoms with E-state index in [-0.39, 0.29) is 18.3 Å². The van der Waals surface area contributed by atoms with Gasteiger partial charge in [-0.2, -0.15) is 0 Å². The zero-order valence-corrected chi connectivity index (χ0v) is 14.3. The molecule has 1 saturated heterocycles. The summed E-state index contributed by atoms with van der Waals surface area (Å²) in [6.07, 6.45) is 2.20. The van der Waals surface area contributed by atoms with Crippen LogP contribution in [0, 0.1) is 28.6 Å². The maximum Gasteiger partial charge on any atom is 0.312 e. The van der Waals surface area contributed by atoms with Crippen molar-refractivity contribution in [3.8, 4) is 0 Å². The summed E-state index contributed by atoms with van der Waals surface area (Å²) in [6.45, 7) is 5.73. The van der Waals surface area contributed by atoms with E-state index >= 15 is 0 Å². The van der Waals surface area contributed by atoms with Crippen LogP contribution in [0.1, 0.15) is 45.4 Å². The SMILES string of the molecule is C=C1[C@@H](O)[C@]23C[C@@]1(O)CC[C@H]2[C@@]12CCC[C@](C)(C(=O)O1)[C@H]2[C@@H]3C(=O)O. The third kappa shape index (κ3) is 1.37. The molecule has 0 aromatic heterocycles. The van der Waals surface area contributed by atoms with Crippen LogP contribution in [0.25, 0.3) is 0 Å². The van der Waals surface area contributed by atoms with E-state index < -0.39 is 45.9 Å². The Hall–Kier alpha value is -1.40. The molecule has 6 nitrogen and oxygen atoms in total. The highest BCUT2D eigenvalue weighted by Crippen LogP contribution is 2.78. The molecule has 5 fully saturated rings. The number of aliphatic hydroxyl groups is 2. The third-order valence-electron chi connectivity index (χ3n) is 8.52. The highest BCUT2D eigenvalue weighted by molar-refractivity contribution is 5.84. The first-order valence-electron chi connectivity index (χ1n) is 9.19. The van der Waals surface area contributed by atoms with Gasteiger partial charge in [0.1, 0.15) is 5.60 Å². The quantitative estimate of drug-likeness (QED) is 0.487. The average molecular weight is 348 g/mol. The van der Waals surface area contributed by atoms with Gasteiger partial charge in [-0.3, -0.25) is 9.59 Å². The van der Waals surface area contributed by atoms with Crippen LogP contribution >= 0.6 is 0 Å². The Morgan fingerprint density at radius 2 is 2.04 bits per heavy atom. The third-order valence-corrected chi connectivity index (χ3v) is 8.52. The number of aliphatic carboxylic acids is 1. The highest BCUT2D eigenvalue weighted by atomic mass is 16.6. The van der Waals surface area contributed by atoms with Gasteiger partial charge in [-0.25, -0.2) is 0 Å². The molecular weight excluding hydrogens is 324 g/mol. The number of esters is 1. The van der Waals surface area contributed by atoms with E-state index in [1.165, 1.54) is 0 Å². The normalized spacial score (nSPS) is 58.7. The molecule has 5 aliphatic rings. The molecule has 25 heavy (non-hydrogen) atoms. The minimum absolute atomic E-state index is 0.202. The first-order chi connectivity index (χ1) is 11.6. The van der Waals surface area contributed by atoms with Crippen molar-refractivity contribution in [1.82, 2.24) is 0 Å². The summed E-state index contributed by atoms with van der Waals surface area (Å²) in [7, 11) is 0. The number of fused-ring (bicyclic) bond motifs is 1. The molecule has 3 N–H and O–H groups in total. The van der Waals surface area contributed by atoms with Gasteiger partial charge in [0.2, 0.25) is 0 Å². The number of rotatable bonds is 1. The predicted octanol–water partition coefficient (Wildman–Crippen LogP) is 1.25. The van der Waals surface area contributed by atoms with Gasteiger partial charge in [0.25, 0.3) is 0 Å². The van der Waals surface area contributed by atoms with Gasteiger partial charge in [0.05, 0.1) is 23.0 Å². The number of hydrogen-bond donors (Lipinski definition) is 3. The van der Waals surface area contributed by atoms with Crippen LogP contribution in [0.5, 0.6) is 0 Å². The lowest BCUT2D eigenvalue weighted by molar-refractivity contribution is -0.167. The summed E-state index contributed by atoms with van der Waals surface area (Å²) < 4.78 is 5.99. The van der Waals surface area contributed by atoms with Crippen molar-refractivity contribution < 1.29 is 29.6 Å². The molecule has 1 spiro atoms. The molecule has 4 saturated carbocycles. The van der Waals surface area contributed by atoms with Gasteiger partial charge in [-0.1, -0.05) is 6.58 Å². The van der Waals surface area contributed by atoms with Crippen LogP contribution in [-0.4, -0.2) is 44.6 Å². The maximum absolute atomic E-state index is 12.7. The molecule has 0 amide bonds. The second-order valence-electron chi connectivity index (χ2n) is 9.25. The molecule has 0 radical (unpaired) electrons. The molecular formula is C19H24O6.